The lowest BCUT2D eigenvalue weighted by Crippen LogP contribution is -1.90. The fraction of sp³-hybridized carbons (Fsp3) is 0.400. The highest BCUT2D eigenvalue weighted by molar-refractivity contribution is 9.09. The van der Waals surface area contributed by atoms with Crippen LogP contribution < -0.4 is 0 Å². The molecule has 0 aromatic heterocycles. The van der Waals surface area contributed by atoms with Crippen molar-refractivity contribution in [3.63, 3.8) is 0 Å². The molecule has 0 nitrogen and oxygen atoms in total. The summed E-state index contributed by atoms with van der Waals surface area (Å²) in [6.45, 7) is 2.12. The van der Waals surface area contributed by atoms with Crippen LogP contribution in [0.25, 0.3) is 0 Å². The fourth-order valence-electron chi connectivity index (χ4n) is 1.13. The number of hydrogen-bond acceptors (Lipinski definition) is 0. The van der Waals surface area contributed by atoms with Gasteiger partial charge in [0.2, 0.25) is 0 Å². The molecule has 66 valence electrons. The van der Waals surface area contributed by atoms with Gasteiger partial charge in [0.05, 0.1) is 0 Å². The van der Waals surface area contributed by atoms with Crippen molar-refractivity contribution in [2.75, 3.05) is 5.33 Å². The average Bonchev–Trinajstić information content (AvgIpc) is 2.05. The highest BCUT2D eigenvalue weighted by Crippen LogP contribution is 2.27. The van der Waals surface area contributed by atoms with Gasteiger partial charge in [0.25, 0.3) is 0 Å². The first-order chi connectivity index (χ1) is 5.74. The second kappa shape index (κ2) is 5.03. The minimum Gasteiger partial charge on any atom is -0.0928 e. The second-order valence-electron chi connectivity index (χ2n) is 2.86. The van der Waals surface area contributed by atoms with Gasteiger partial charge >= 0.3 is 0 Å². The maximum absolute atomic E-state index is 3.65. The summed E-state index contributed by atoms with van der Waals surface area (Å²) in [7, 11) is 0. The van der Waals surface area contributed by atoms with E-state index in [-0.39, 0.29) is 0 Å². The first-order valence-corrected chi connectivity index (χ1v) is 6.04. The zero-order valence-corrected chi connectivity index (χ0v) is 10.2. The highest BCUT2D eigenvalue weighted by atomic mass is 79.9. The minimum atomic E-state index is 0.483. The first-order valence-electron chi connectivity index (χ1n) is 4.00. The average molecular weight is 292 g/mol. The molecule has 1 aromatic rings. The van der Waals surface area contributed by atoms with E-state index in [1.165, 1.54) is 11.1 Å². The van der Waals surface area contributed by atoms with Crippen LogP contribution in [0.3, 0.4) is 0 Å². The maximum Gasteiger partial charge on any atom is 0.0403 e. The quantitative estimate of drug-likeness (QED) is 0.732. The third-order valence-corrected chi connectivity index (χ3v) is 3.21. The minimum absolute atomic E-state index is 0.483. The molecule has 0 saturated carbocycles. The normalized spacial score (nSPS) is 12.9. The Labute approximate surface area is 90.6 Å². The lowest BCUT2D eigenvalue weighted by atomic mass is 10.1. The fourth-order valence-corrected chi connectivity index (χ4v) is 2.71. The zero-order valence-electron chi connectivity index (χ0n) is 7.06. The topological polar surface area (TPSA) is 0 Å². The van der Waals surface area contributed by atoms with Crippen LogP contribution >= 0.6 is 31.9 Å². The van der Waals surface area contributed by atoms with Crippen molar-refractivity contribution < 1.29 is 0 Å². The summed E-state index contributed by atoms with van der Waals surface area (Å²) in [5.74, 6) is 0. The van der Waals surface area contributed by atoms with Crippen molar-refractivity contribution in [1.29, 1.82) is 0 Å². The second-order valence-corrected chi connectivity index (χ2v) is 4.76. The van der Waals surface area contributed by atoms with Gasteiger partial charge in [-0.3, -0.25) is 0 Å². The Kier molecular flexibility index (Phi) is 4.30. The number of halogens is 2. The van der Waals surface area contributed by atoms with E-state index in [2.05, 4.69) is 63.0 Å². The van der Waals surface area contributed by atoms with Crippen LogP contribution in [0.5, 0.6) is 0 Å². The van der Waals surface area contributed by atoms with Gasteiger partial charge in [-0.25, -0.2) is 0 Å². The van der Waals surface area contributed by atoms with Crippen molar-refractivity contribution in [3.05, 3.63) is 35.4 Å². The highest BCUT2D eigenvalue weighted by Gasteiger charge is 2.05. The Bertz CT molecular complexity index is 245. The number of hydrogen-bond donors (Lipinski definition) is 0. The molecule has 1 rings (SSSR count). The number of benzene rings is 1. The summed E-state index contributed by atoms with van der Waals surface area (Å²) < 4.78 is 0. The Hall–Kier alpha value is 0.180. The molecule has 0 saturated heterocycles. The van der Waals surface area contributed by atoms with E-state index in [4.69, 9.17) is 0 Å². The van der Waals surface area contributed by atoms with E-state index in [0.29, 0.717) is 4.83 Å². The molecule has 0 bridgehead atoms. The molecule has 0 amide bonds. The number of aryl methyl sites for hydroxylation is 1. The zero-order chi connectivity index (χ0) is 8.97. The number of rotatable bonds is 3. The molecule has 0 radical (unpaired) electrons. The van der Waals surface area contributed by atoms with Gasteiger partial charge in [0.15, 0.2) is 0 Å². The Morgan fingerprint density at radius 1 is 1.42 bits per heavy atom. The summed E-state index contributed by atoms with van der Waals surface area (Å²) in [6, 6.07) is 8.61. The van der Waals surface area contributed by atoms with Crippen LogP contribution in [0, 0.1) is 6.92 Å². The molecular weight excluding hydrogens is 280 g/mol. The van der Waals surface area contributed by atoms with E-state index in [9.17, 15) is 0 Å². The summed E-state index contributed by atoms with van der Waals surface area (Å²) in [6.07, 6.45) is 1.13. The van der Waals surface area contributed by atoms with Gasteiger partial charge < -0.3 is 0 Å². The molecule has 0 aliphatic heterocycles. The Balaban J connectivity index is 2.73. The predicted molar refractivity (Wildman–Crippen MR) is 61.3 cm³/mol. The smallest absolute Gasteiger partial charge is 0.0403 e. The monoisotopic (exact) mass is 290 g/mol. The van der Waals surface area contributed by atoms with E-state index >= 15 is 0 Å². The number of alkyl halides is 2. The summed E-state index contributed by atoms with van der Waals surface area (Å²) in [4.78, 5) is 0.483. The maximum atomic E-state index is 3.65. The van der Waals surface area contributed by atoms with Gasteiger partial charge in [-0.1, -0.05) is 61.7 Å². The molecule has 2 heteroatoms. The van der Waals surface area contributed by atoms with Gasteiger partial charge in [0, 0.05) is 10.2 Å². The van der Waals surface area contributed by atoms with E-state index in [1.54, 1.807) is 0 Å². The van der Waals surface area contributed by atoms with E-state index in [0.717, 1.165) is 11.8 Å². The third-order valence-electron chi connectivity index (χ3n) is 1.77. The lowest BCUT2D eigenvalue weighted by Gasteiger charge is -2.08. The molecule has 0 N–H and O–H groups in total. The molecule has 0 fully saturated rings. The van der Waals surface area contributed by atoms with Crippen LogP contribution in [0.1, 0.15) is 22.4 Å². The molecule has 1 atom stereocenters. The van der Waals surface area contributed by atoms with Crippen LogP contribution in [-0.2, 0) is 0 Å². The van der Waals surface area contributed by atoms with E-state index in [1.807, 2.05) is 0 Å². The molecule has 0 heterocycles. The molecule has 0 spiro atoms. The summed E-state index contributed by atoms with van der Waals surface area (Å²) >= 11 is 7.09. The van der Waals surface area contributed by atoms with Gasteiger partial charge in [-0.05, 0) is 18.9 Å². The molecule has 1 aromatic carbocycles. The van der Waals surface area contributed by atoms with Crippen LogP contribution in [-0.4, -0.2) is 5.33 Å². The first kappa shape index (κ1) is 10.3. The van der Waals surface area contributed by atoms with Crippen molar-refractivity contribution in [3.8, 4) is 0 Å². The molecule has 1 unspecified atom stereocenters. The Morgan fingerprint density at radius 2 is 2.17 bits per heavy atom. The molecular formula is C10H12Br2. The standard InChI is InChI=1S/C10H12Br2/c1-8-3-2-4-9(7-8)10(12)5-6-11/h2-4,7,10H,5-6H2,1H3. The van der Waals surface area contributed by atoms with Gasteiger partial charge in [-0.2, -0.15) is 0 Å². The van der Waals surface area contributed by atoms with Crippen molar-refractivity contribution >= 4 is 31.9 Å². The van der Waals surface area contributed by atoms with Crippen molar-refractivity contribution in [2.45, 2.75) is 18.2 Å². The summed E-state index contributed by atoms with van der Waals surface area (Å²) in [5.41, 5.74) is 2.70. The van der Waals surface area contributed by atoms with Gasteiger partial charge in [-0.15, -0.1) is 0 Å². The van der Waals surface area contributed by atoms with Crippen molar-refractivity contribution in [1.82, 2.24) is 0 Å². The van der Waals surface area contributed by atoms with E-state index < -0.39 is 0 Å². The lowest BCUT2D eigenvalue weighted by molar-refractivity contribution is 0.927. The largest absolute Gasteiger partial charge is 0.0928 e. The molecule has 0 aliphatic rings. The van der Waals surface area contributed by atoms with Crippen LogP contribution in [0.15, 0.2) is 24.3 Å². The van der Waals surface area contributed by atoms with Crippen LogP contribution in [0.4, 0.5) is 0 Å². The SMILES string of the molecule is Cc1cccc(C(Br)CCBr)c1. The summed E-state index contributed by atoms with van der Waals surface area (Å²) in [5, 5.41) is 1.04. The van der Waals surface area contributed by atoms with Crippen molar-refractivity contribution in [2.24, 2.45) is 0 Å². The van der Waals surface area contributed by atoms with Gasteiger partial charge in [0.1, 0.15) is 0 Å². The molecule has 0 aliphatic carbocycles. The molecule has 12 heavy (non-hydrogen) atoms. The third kappa shape index (κ3) is 2.91. The predicted octanol–water partition coefficient (Wildman–Crippen LogP) is 4.22. The van der Waals surface area contributed by atoms with Crippen LogP contribution in [0.2, 0.25) is 0 Å². The Morgan fingerprint density at radius 3 is 2.75 bits per heavy atom.